The fraction of sp³-hybridized carbons (Fsp3) is 0.136. The fourth-order valence-electron chi connectivity index (χ4n) is 2.66. The Morgan fingerprint density at radius 2 is 1.57 bits per heavy atom. The highest BCUT2D eigenvalue weighted by molar-refractivity contribution is 7.89. The predicted molar refractivity (Wildman–Crippen MR) is 111 cm³/mol. The molecule has 0 spiro atoms. The van der Waals surface area contributed by atoms with Crippen molar-refractivity contribution in [2.24, 2.45) is 5.10 Å². The van der Waals surface area contributed by atoms with Gasteiger partial charge in [-0.2, -0.15) is 18.4 Å². The second kappa shape index (κ2) is 8.71. The minimum atomic E-state index is -3.74. The number of benzene rings is 3. The van der Waals surface area contributed by atoms with Gasteiger partial charge in [-0.1, -0.05) is 60.2 Å². The lowest BCUT2D eigenvalue weighted by molar-refractivity contribution is 0.414. The van der Waals surface area contributed by atoms with Crippen LogP contribution in [0.2, 0.25) is 0 Å². The predicted octanol–water partition coefficient (Wildman–Crippen LogP) is 3.93. The topological polar surface area (TPSA) is 67.8 Å². The first-order chi connectivity index (χ1) is 13.5. The number of methoxy groups -OCH3 is 1. The van der Waals surface area contributed by atoms with E-state index in [-0.39, 0.29) is 4.90 Å². The normalized spacial score (nSPS) is 11.9. The fourth-order valence-corrected chi connectivity index (χ4v) is 3.49. The zero-order valence-electron chi connectivity index (χ0n) is 15.8. The summed E-state index contributed by atoms with van der Waals surface area (Å²) in [5.41, 5.74) is 3.47. The molecule has 0 atom stereocenters. The molecule has 0 amide bonds. The molecule has 28 heavy (non-hydrogen) atoms. The van der Waals surface area contributed by atoms with E-state index in [0.29, 0.717) is 12.1 Å². The molecule has 0 saturated carbocycles. The number of rotatable bonds is 7. The average Bonchev–Trinajstić information content (AvgIpc) is 2.72. The van der Waals surface area contributed by atoms with E-state index in [1.807, 2.05) is 61.5 Å². The van der Waals surface area contributed by atoms with Crippen LogP contribution in [0.3, 0.4) is 0 Å². The molecule has 0 heterocycles. The highest BCUT2D eigenvalue weighted by Gasteiger charge is 2.14. The summed E-state index contributed by atoms with van der Waals surface area (Å²) in [6.45, 7) is 1.91. The van der Waals surface area contributed by atoms with Crippen molar-refractivity contribution in [1.29, 1.82) is 0 Å². The van der Waals surface area contributed by atoms with E-state index in [4.69, 9.17) is 4.74 Å². The molecule has 1 N–H and O–H groups in total. The van der Waals surface area contributed by atoms with Crippen LogP contribution >= 0.6 is 0 Å². The van der Waals surface area contributed by atoms with Crippen LogP contribution in [0.15, 0.2) is 88.9 Å². The summed E-state index contributed by atoms with van der Waals surface area (Å²) in [4.78, 5) is 2.55. The van der Waals surface area contributed by atoms with E-state index >= 15 is 0 Å². The van der Waals surface area contributed by atoms with Crippen LogP contribution in [0.4, 0.5) is 0 Å². The van der Waals surface area contributed by atoms with Gasteiger partial charge in [0.2, 0.25) is 0 Å². The van der Waals surface area contributed by atoms with Crippen molar-refractivity contribution in [3.8, 4) is 5.75 Å². The first-order valence-electron chi connectivity index (χ1n) is 8.81. The maximum atomic E-state index is 12.6. The molecular weight excluding hydrogens is 372 g/mol. The molecule has 0 aliphatic carbocycles. The minimum absolute atomic E-state index is 0.179. The standard InChI is InChI=1S/C22H22N2O3S/c1-17-8-14-21(15-9-17)28(25,26)24-23-22(19-6-4-3-5-7-19)16-18-10-12-20(27-2)13-11-18/h3-15,24H,16H2,1-2H3/b23-22+. The first-order valence-corrected chi connectivity index (χ1v) is 10.3. The highest BCUT2D eigenvalue weighted by Crippen LogP contribution is 2.15. The number of nitrogens with one attached hydrogen (secondary N) is 1. The van der Waals surface area contributed by atoms with Crippen LogP contribution in [-0.4, -0.2) is 21.2 Å². The van der Waals surface area contributed by atoms with Gasteiger partial charge < -0.3 is 4.74 Å². The second-order valence-electron chi connectivity index (χ2n) is 6.36. The Kier molecular flexibility index (Phi) is 6.11. The van der Waals surface area contributed by atoms with Crippen LogP contribution in [0.5, 0.6) is 5.75 Å². The Hall–Kier alpha value is -3.12. The Balaban J connectivity index is 1.88. The monoisotopic (exact) mass is 394 g/mol. The van der Waals surface area contributed by atoms with Gasteiger partial charge in [0, 0.05) is 6.42 Å². The Labute approximate surface area is 165 Å². The molecular formula is C22H22N2O3S. The lowest BCUT2D eigenvalue weighted by Crippen LogP contribution is -2.21. The number of nitrogens with zero attached hydrogens (tertiary/aromatic N) is 1. The van der Waals surface area contributed by atoms with Gasteiger partial charge in [-0.3, -0.25) is 0 Å². The SMILES string of the molecule is COc1ccc(C/C(=N\NS(=O)(=O)c2ccc(C)cc2)c2ccccc2)cc1. The summed E-state index contributed by atoms with van der Waals surface area (Å²) in [6, 6.07) is 23.8. The molecule has 0 radical (unpaired) electrons. The number of hydrogen-bond donors (Lipinski definition) is 1. The van der Waals surface area contributed by atoms with Crippen molar-refractivity contribution in [2.45, 2.75) is 18.2 Å². The van der Waals surface area contributed by atoms with Gasteiger partial charge in [-0.05, 0) is 42.3 Å². The van der Waals surface area contributed by atoms with E-state index in [0.717, 1.165) is 22.4 Å². The van der Waals surface area contributed by atoms with Crippen molar-refractivity contribution in [3.05, 3.63) is 95.6 Å². The summed E-state index contributed by atoms with van der Waals surface area (Å²) < 4.78 is 30.3. The highest BCUT2D eigenvalue weighted by atomic mass is 32.2. The van der Waals surface area contributed by atoms with Gasteiger partial charge in [0.05, 0.1) is 17.7 Å². The maximum Gasteiger partial charge on any atom is 0.276 e. The summed E-state index contributed by atoms with van der Waals surface area (Å²) in [5, 5.41) is 4.25. The molecule has 0 unspecified atom stereocenters. The van der Waals surface area contributed by atoms with Gasteiger partial charge in [0.1, 0.15) is 5.75 Å². The van der Waals surface area contributed by atoms with Crippen LogP contribution in [0.1, 0.15) is 16.7 Å². The number of hydrazone groups is 1. The third-order valence-electron chi connectivity index (χ3n) is 4.27. The molecule has 0 aromatic heterocycles. The number of aryl methyl sites for hydroxylation is 1. The molecule has 5 nitrogen and oxygen atoms in total. The number of hydrogen-bond acceptors (Lipinski definition) is 4. The summed E-state index contributed by atoms with van der Waals surface area (Å²) in [6.07, 6.45) is 0.477. The van der Waals surface area contributed by atoms with E-state index in [2.05, 4.69) is 9.93 Å². The van der Waals surface area contributed by atoms with Crippen LogP contribution in [0.25, 0.3) is 0 Å². The lowest BCUT2D eigenvalue weighted by atomic mass is 10.0. The minimum Gasteiger partial charge on any atom is -0.497 e. The van der Waals surface area contributed by atoms with Gasteiger partial charge in [-0.15, -0.1) is 0 Å². The Morgan fingerprint density at radius 3 is 2.18 bits per heavy atom. The van der Waals surface area contributed by atoms with Crippen LogP contribution in [0, 0.1) is 6.92 Å². The third kappa shape index (κ3) is 4.98. The van der Waals surface area contributed by atoms with Crippen molar-refractivity contribution in [1.82, 2.24) is 4.83 Å². The quantitative estimate of drug-likeness (QED) is 0.488. The lowest BCUT2D eigenvalue weighted by Gasteiger charge is -2.10. The Bertz CT molecular complexity index is 1040. The molecule has 0 aliphatic rings. The van der Waals surface area contributed by atoms with E-state index in [1.165, 1.54) is 0 Å². The molecule has 3 rings (SSSR count). The van der Waals surface area contributed by atoms with Crippen molar-refractivity contribution < 1.29 is 13.2 Å². The molecule has 0 bridgehead atoms. The van der Waals surface area contributed by atoms with Crippen molar-refractivity contribution >= 4 is 15.7 Å². The summed E-state index contributed by atoms with van der Waals surface area (Å²) in [5.74, 6) is 0.766. The van der Waals surface area contributed by atoms with E-state index < -0.39 is 10.0 Å². The van der Waals surface area contributed by atoms with Gasteiger partial charge in [-0.25, -0.2) is 0 Å². The molecule has 6 heteroatoms. The van der Waals surface area contributed by atoms with Gasteiger partial charge in [0.15, 0.2) is 0 Å². The van der Waals surface area contributed by atoms with Gasteiger partial charge in [0.25, 0.3) is 10.0 Å². The largest absolute Gasteiger partial charge is 0.497 e. The number of ether oxygens (including phenoxy) is 1. The molecule has 0 aliphatic heterocycles. The summed E-state index contributed by atoms with van der Waals surface area (Å²) >= 11 is 0. The average molecular weight is 394 g/mol. The Morgan fingerprint density at radius 1 is 0.929 bits per heavy atom. The molecule has 0 saturated heterocycles. The van der Waals surface area contributed by atoms with E-state index in [9.17, 15) is 8.42 Å². The number of sulfonamides is 1. The maximum absolute atomic E-state index is 12.6. The molecule has 3 aromatic carbocycles. The third-order valence-corrected chi connectivity index (χ3v) is 5.49. The first kappa shape index (κ1) is 19.6. The zero-order valence-corrected chi connectivity index (χ0v) is 16.6. The van der Waals surface area contributed by atoms with Gasteiger partial charge >= 0.3 is 0 Å². The van der Waals surface area contributed by atoms with E-state index in [1.54, 1.807) is 31.4 Å². The molecule has 144 valence electrons. The van der Waals surface area contributed by atoms with Crippen molar-refractivity contribution in [2.75, 3.05) is 7.11 Å². The van der Waals surface area contributed by atoms with Crippen LogP contribution in [-0.2, 0) is 16.4 Å². The second-order valence-corrected chi connectivity index (χ2v) is 8.02. The molecule has 3 aromatic rings. The summed E-state index contributed by atoms with van der Waals surface area (Å²) in [7, 11) is -2.12. The zero-order chi connectivity index (χ0) is 20.0. The smallest absolute Gasteiger partial charge is 0.276 e. The van der Waals surface area contributed by atoms with Crippen LogP contribution < -0.4 is 9.57 Å². The molecule has 0 fully saturated rings. The van der Waals surface area contributed by atoms with Crippen molar-refractivity contribution in [3.63, 3.8) is 0 Å².